The molecule has 0 aliphatic carbocycles. The van der Waals surface area contributed by atoms with Gasteiger partial charge in [-0.15, -0.1) is 0 Å². The number of ether oxygens (including phenoxy) is 1. The number of hydrogen-bond acceptors (Lipinski definition) is 5. The first-order valence-corrected chi connectivity index (χ1v) is 9.48. The van der Waals surface area contributed by atoms with Crippen molar-refractivity contribution in [1.29, 1.82) is 0 Å². The van der Waals surface area contributed by atoms with Gasteiger partial charge in [-0.3, -0.25) is 4.79 Å². The summed E-state index contributed by atoms with van der Waals surface area (Å²) in [7, 11) is 3.01. The Morgan fingerprint density at radius 3 is 2.55 bits per heavy atom. The number of nitrogens with zero attached hydrogens (tertiary/aromatic N) is 3. The van der Waals surface area contributed by atoms with Crippen LogP contribution in [0.3, 0.4) is 0 Å². The van der Waals surface area contributed by atoms with Crippen molar-refractivity contribution >= 4 is 17.0 Å². The Balaban J connectivity index is 1.71. The van der Waals surface area contributed by atoms with E-state index in [0.717, 1.165) is 0 Å². The number of amides is 1. The van der Waals surface area contributed by atoms with Crippen LogP contribution in [0.25, 0.3) is 22.4 Å². The highest BCUT2D eigenvalue weighted by atomic mass is 19.1. The van der Waals surface area contributed by atoms with Gasteiger partial charge in [0.2, 0.25) is 0 Å². The van der Waals surface area contributed by atoms with Gasteiger partial charge < -0.3 is 14.2 Å². The number of aryl methyl sites for hydroxylation is 1. The van der Waals surface area contributed by atoms with Crippen LogP contribution in [0, 0.1) is 18.6 Å². The molecule has 0 N–H and O–H groups in total. The smallest absolute Gasteiger partial charge is 0.259 e. The van der Waals surface area contributed by atoms with Gasteiger partial charge in [-0.25, -0.2) is 13.8 Å². The minimum Gasteiger partial charge on any atom is -0.494 e. The predicted octanol–water partition coefficient (Wildman–Crippen LogP) is 4.76. The molecule has 2 aromatic heterocycles. The summed E-state index contributed by atoms with van der Waals surface area (Å²) in [5, 5.41) is 4.43. The minimum absolute atomic E-state index is 0.137. The largest absolute Gasteiger partial charge is 0.494 e. The molecule has 158 valence electrons. The third kappa shape index (κ3) is 3.96. The zero-order valence-corrected chi connectivity index (χ0v) is 17.1. The molecule has 4 rings (SSSR count). The monoisotopic (exact) mass is 423 g/mol. The molecule has 0 spiro atoms. The Hall–Kier alpha value is -3.81. The molecule has 0 fully saturated rings. The van der Waals surface area contributed by atoms with E-state index in [-0.39, 0.29) is 29.7 Å². The fourth-order valence-electron chi connectivity index (χ4n) is 3.39. The summed E-state index contributed by atoms with van der Waals surface area (Å²) < 4.78 is 37.6. The van der Waals surface area contributed by atoms with E-state index in [1.54, 1.807) is 38.2 Å². The molecule has 0 unspecified atom stereocenters. The molecular weight excluding hydrogens is 404 g/mol. The van der Waals surface area contributed by atoms with Gasteiger partial charge >= 0.3 is 0 Å². The van der Waals surface area contributed by atoms with Crippen molar-refractivity contribution in [2.75, 3.05) is 14.2 Å². The molecule has 6 nitrogen and oxygen atoms in total. The van der Waals surface area contributed by atoms with Crippen LogP contribution in [-0.2, 0) is 6.54 Å². The van der Waals surface area contributed by atoms with Crippen LogP contribution in [-0.4, -0.2) is 35.1 Å². The fourth-order valence-corrected chi connectivity index (χ4v) is 3.39. The molecular formula is C23H19F2N3O3. The number of halogens is 2. The molecule has 0 saturated heterocycles. The third-order valence-corrected chi connectivity index (χ3v) is 4.97. The molecule has 0 saturated carbocycles. The van der Waals surface area contributed by atoms with Crippen molar-refractivity contribution < 1.29 is 22.8 Å². The maximum atomic E-state index is 14.0. The third-order valence-electron chi connectivity index (χ3n) is 4.97. The summed E-state index contributed by atoms with van der Waals surface area (Å²) in [6, 6.07) is 12.0. The standard InChI is InChI=1S/C23H19F2N3O3/c1-13-21-17(23(29)28(2)12-14-4-9-20(30-3)18(25)10-14)11-19(26-22(21)31-27-13)15-5-7-16(24)8-6-15/h4-11H,12H2,1-3H3. The average Bonchev–Trinajstić information content (AvgIpc) is 3.14. The van der Waals surface area contributed by atoms with Crippen molar-refractivity contribution in [3.05, 3.63) is 77.0 Å². The molecule has 31 heavy (non-hydrogen) atoms. The first kappa shape index (κ1) is 20.5. The van der Waals surface area contributed by atoms with E-state index in [1.165, 1.54) is 36.3 Å². The normalized spacial score (nSPS) is 11.0. The van der Waals surface area contributed by atoms with E-state index in [1.807, 2.05) is 0 Å². The quantitative estimate of drug-likeness (QED) is 0.463. The number of carbonyl (C=O) groups is 1. The van der Waals surface area contributed by atoms with E-state index in [4.69, 9.17) is 9.26 Å². The summed E-state index contributed by atoms with van der Waals surface area (Å²) in [4.78, 5) is 19.2. The van der Waals surface area contributed by atoms with Gasteiger partial charge in [-0.1, -0.05) is 11.2 Å². The van der Waals surface area contributed by atoms with E-state index < -0.39 is 5.82 Å². The number of methoxy groups -OCH3 is 1. The van der Waals surface area contributed by atoms with E-state index in [9.17, 15) is 13.6 Å². The molecule has 2 aromatic carbocycles. The second-order valence-electron chi connectivity index (χ2n) is 7.14. The number of aromatic nitrogens is 2. The first-order valence-electron chi connectivity index (χ1n) is 9.48. The van der Waals surface area contributed by atoms with Crippen molar-refractivity contribution in [1.82, 2.24) is 15.0 Å². The summed E-state index contributed by atoms with van der Waals surface area (Å²) >= 11 is 0. The van der Waals surface area contributed by atoms with Gasteiger partial charge in [0.25, 0.3) is 11.6 Å². The second-order valence-corrected chi connectivity index (χ2v) is 7.14. The number of benzene rings is 2. The molecule has 0 atom stereocenters. The molecule has 0 radical (unpaired) electrons. The number of hydrogen-bond donors (Lipinski definition) is 0. The Kier molecular flexibility index (Phi) is 5.37. The highest BCUT2D eigenvalue weighted by Gasteiger charge is 2.22. The Morgan fingerprint density at radius 2 is 1.87 bits per heavy atom. The molecule has 4 aromatic rings. The molecule has 0 aliphatic rings. The Morgan fingerprint density at radius 1 is 1.13 bits per heavy atom. The van der Waals surface area contributed by atoms with Gasteiger partial charge in [0.1, 0.15) is 5.82 Å². The lowest BCUT2D eigenvalue weighted by Crippen LogP contribution is -2.26. The van der Waals surface area contributed by atoms with Gasteiger partial charge in [0.05, 0.1) is 29.4 Å². The number of pyridine rings is 1. The zero-order chi connectivity index (χ0) is 22.1. The molecule has 8 heteroatoms. The maximum Gasteiger partial charge on any atom is 0.259 e. The van der Waals surface area contributed by atoms with Crippen molar-refractivity contribution in [2.45, 2.75) is 13.5 Å². The van der Waals surface area contributed by atoms with Crippen LogP contribution in [0.1, 0.15) is 21.6 Å². The van der Waals surface area contributed by atoms with Crippen molar-refractivity contribution in [3.8, 4) is 17.0 Å². The molecule has 0 aliphatic heterocycles. The van der Waals surface area contributed by atoms with Gasteiger partial charge in [0, 0.05) is 19.2 Å². The van der Waals surface area contributed by atoms with Gasteiger partial charge in [-0.05, 0) is 55.0 Å². The lowest BCUT2D eigenvalue weighted by molar-refractivity contribution is 0.0786. The molecule has 0 bridgehead atoms. The summed E-state index contributed by atoms with van der Waals surface area (Å²) in [5.41, 5.74) is 2.79. The minimum atomic E-state index is -0.499. The summed E-state index contributed by atoms with van der Waals surface area (Å²) in [6.07, 6.45) is 0. The maximum absolute atomic E-state index is 14.0. The van der Waals surface area contributed by atoms with Gasteiger partial charge in [0.15, 0.2) is 11.6 Å². The number of fused-ring (bicyclic) bond motifs is 1. The molecule has 2 heterocycles. The second kappa shape index (κ2) is 8.14. The Bertz CT molecular complexity index is 1270. The van der Waals surface area contributed by atoms with Crippen LogP contribution in [0.4, 0.5) is 8.78 Å². The van der Waals surface area contributed by atoms with Crippen LogP contribution in [0.5, 0.6) is 5.75 Å². The first-order chi connectivity index (χ1) is 14.9. The average molecular weight is 423 g/mol. The predicted molar refractivity (Wildman–Crippen MR) is 111 cm³/mol. The Labute approximate surface area is 177 Å². The fraction of sp³-hybridized carbons (Fsp3) is 0.174. The SMILES string of the molecule is COc1ccc(CN(C)C(=O)c2cc(-c3ccc(F)cc3)nc3onc(C)c23)cc1F. The lowest BCUT2D eigenvalue weighted by Gasteiger charge is -2.18. The van der Waals surface area contributed by atoms with E-state index >= 15 is 0 Å². The van der Waals surface area contributed by atoms with Crippen molar-refractivity contribution in [3.63, 3.8) is 0 Å². The van der Waals surface area contributed by atoms with E-state index in [2.05, 4.69) is 10.1 Å². The summed E-state index contributed by atoms with van der Waals surface area (Å²) in [6.45, 7) is 1.90. The van der Waals surface area contributed by atoms with Crippen LogP contribution >= 0.6 is 0 Å². The zero-order valence-electron chi connectivity index (χ0n) is 17.1. The number of rotatable bonds is 5. The summed E-state index contributed by atoms with van der Waals surface area (Å²) in [5.74, 6) is -1.04. The van der Waals surface area contributed by atoms with E-state index in [0.29, 0.717) is 33.5 Å². The number of carbonyl (C=O) groups excluding carboxylic acids is 1. The van der Waals surface area contributed by atoms with Crippen LogP contribution in [0.15, 0.2) is 53.1 Å². The molecule has 1 amide bonds. The van der Waals surface area contributed by atoms with Crippen LogP contribution in [0.2, 0.25) is 0 Å². The topological polar surface area (TPSA) is 68.5 Å². The van der Waals surface area contributed by atoms with Crippen LogP contribution < -0.4 is 4.74 Å². The lowest BCUT2D eigenvalue weighted by atomic mass is 10.0. The highest BCUT2D eigenvalue weighted by Crippen LogP contribution is 2.28. The van der Waals surface area contributed by atoms with Crippen molar-refractivity contribution in [2.24, 2.45) is 0 Å². The highest BCUT2D eigenvalue weighted by molar-refractivity contribution is 6.06. The van der Waals surface area contributed by atoms with Gasteiger partial charge in [-0.2, -0.15) is 0 Å².